The van der Waals surface area contributed by atoms with Gasteiger partial charge in [0.05, 0.1) is 13.4 Å². The first-order valence-corrected chi connectivity index (χ1v) is 10.1. The third-order valence-corrected chi connectivity index (χ3v) is 5.21. The number of carbonyl (C=O) groups is 1. The fourth-order valence-corrected chi connectivity index (χ4v) is 3.38. The zero-order valence-corrected chi connectivity index (χ0v) is 18.7. The zero-order valence-electron chi connectivity index (χ0n) is 17.1. The topological polar surface area (TPSA) is 54.7 Å². The van der Waals surface area contributed by atoms with Crippen molar-refractivity contribution in [2.45, 2.75) is 6.92 Å². The van der Waals surface area contributed by atoms with E-state index in [0.717, 1.165) is 44.3 Å². The molecule has 0 unspecified atom stereocenters. The average molecular weight is 457 g/mol. The smallest absolute Gasteiger partial charge is 0.244 e. The molecule has 3 rings (SSSR count). The lowest BCUT2D eigenvalue weighted by Crippen LogP contribution is -2.30. The summed E-state index contributed by atoms with van der Waals surface area (Å²) in [4.78, 5) is 14.3. The third-order valence-electron chi connectivity index (χ3n) is 4.68. The minimum absolute atomic E-state index is 0.119. The fraction of sp³-hybridized carbons (Fsp3) is 0.261. The Morgan fingerprint density at radius 3 is 2.62 bits per heavy atom. The molecule has 6 heteroatoms. The second-order valence-electron chi connectivity index (χ2n) is 7.13. The van der Waals surface area contributed by atoms with Crippen molar-refractivity contribution in [1.82, 2.24) is 10.2 Å². The van der Waals surface area contributed by atoms with Crippen LogP contribution in [-0.4, -0.2) is 45.1 Å². The number of carbonyl (C=O) groups excluding carboxylic acids is 1. The molecule has 0 radical (unpaired) electrons. The molecule has 0 spiro atoms. The highest BCUT2D eigenvalue weighted by Gasteiger charge is 2.15. The van der Waals surface area contributed by atoms with Gasteiger partial charge in [-0.05, 0) is 50.4 Å². The summed E-state index contributed by atoms with van der Waals surface area (Å²) in [6.45, 7) is 3.30. The van der Waals surface area contributed by atoms with E-state index >= 15 is 0 Å². The maximum atomic E-state index is 12.3. The highest BCUT2D eigenvalue weighted by molar-refractivity contribution is 9.10. The summed E-state index contributed by atoms with van der Waals surface area (Å²) in [5.74, 6) is 0.552. The van der Waals surface area contributed by atoms with Crippen molar-refractivity contribution < 1.29 is 13.9 Å². The number of benzene rings is 2. The molecule has 1 N–H and O–H groups in total. The molecule has 0 aliphatic heterocycles. The van der Waals surface area contributed by atoms with Gasteiger partial charge in [0.2, 0.25) is 5.91 Å². The third kappa shape index (κ3) is 5.08. The second kappa shape index (κ2) is 9.29. The largest absolute Gasteiger partial charge is 0.496 e. The van der Waals surface area contributed by atoms with Gasteiger partial charge in [-0.15, -0.1) is 0 Å². The van der Waals surface area contributed by atoms with E-state index in [2.05, 4.69) is 21.2 Å². The van der Waals surface area contributed by atoms with E-state index in [-0.39, 0.29) is 5.91 Å². The standard InChI is InChI=1S/C23H25BrN2O3/c1-15(11-23(27)25-9-10-26(2)3)18-12-19-20(16-5-7-17(24)8-6-16)14-29-22(19)13-21(18)28-4/h5-8,11-14H,9-10H2,1-4H3,(H,25,27)/b15-11+. The van der Waals surface area contributed by atoms with Crippen LogP contribution in [-0.2, 0) is 4.79 Å². The van der Waals surface area contributed by atoms with Crippen LogP contribution in [0.15, 0.2) is 57.6 Å². The number of amides is 1. The molecule has 1 aromatic heterocycles. The highest BCUT2D eigenvalue weighted by Crippen LogP contribution is 2.37. The molecule has 152 valence electrons. The second-order valence-corrected chi connectivity index (χ2v) is 8.04. The average Bonchev–Trinajstić information content (AvgIpc) is 3.10. The van der Waals surface area contributed by atoms with E-state index in [1.165, 1.54) is 0 Å². The van der Waals surface area contributed by atoms with Crippen molar-refractivity contribution in [1.29, 1.82) is 0 Å². The van der Waals surface area contributed by atoms with Crippen LogP contribution < -0.4 is 10.1 Å². The Kier molecular flexibility index (Phi) is 6.77. The summed E-state index contributed by atoms with van der Waals surface area (Å²) >= 11 is 3.47. The molecule has 0 saturated carbocycles. The molecule has 3 aromatic rings. The molecule has 0 saturated heterocycles. The predicted molar refractivity (Wildman–Crippen MR) is 121 cm³/mol. The molecule has 0 aliphatic rings. The molecule has 0 atom stereocenters. The van der Waals surface area contributed by atoms with Gasteiger partial charge in [0.1, 0.15) is 11.3 Å². The number of halogens is 1. The predicted octanol–water partition coefficient (Wildman–Crippen LogP) is 4.95. The van der Waals surface area contributed by atoms with Crippen molar-refractivity contribution in [2.24, 2.45) is 0 Å². The lowest BCUT2D eigenvalue weighted by molar-refractivity contribution is -0.116. The molecule has 0 bridgehead atoms. The molecule has 1 heterocycles. The number of allylic oxidation sites excluding steroid dienone is 1. The Hall–Kier alpha value is -2.57. The van der Waals surface area contributed by atoms with Crippen LogP contribution in [0.25, 0.3) is 27.7 Å². The molecule has 0 aliphatic carbocycles. The van der Waals surface area contributed by atoms with Gasteiger partial charge in [-0.2, -0.15) is 0 Å². The number of rotatable bonds is 7. The number of nitrogens with zero attached hydrogens (tertiary/aromatic N) is 1. The van der Waals surface area contributed by atoms with Crippen molar-refractivity contribution in [3.63, 3.8) is 0 Å². The van der Waals surface area contributed by atoms with Crippen molar-refractivity contribution >= 4 is 38.4 Å². The number of ether oxygens (including phenoxy) is 1. The van der Waals surface area contributed by atoms with E-state index in [1.54, 1.807) is 19.4 Å². The van der Waals surface area contributed by atoms with E-state index in [0.29, 0.717) is 12.3 Å². The van der Waals surface area contributed by atoms with Crippen LogP contribution in [0.3, 0.4) is 0 Å². The van der Waals surface area contributed by atoms with E-state index in [4.69, 9.17) is 9.15 Å². The van der Waals surface area contributed by atoms with E-state index in [1.807, 2.05) is 62.3 Å². The highest BCUT2D eigenvalue weighted by atomic mass is 79.9. The number of fused-ring (bicyclic) bond motifs is 1. The molecule has 2 aromatic carbocycles. The van der Waals surface area contributed by atoms with Crippen molar-refractivity contribution in [2.75, 3.05) is 34.3 Å². The summed E-state index contributed by atoms with van der Waals surface area (Å²) in [5, 5.41) is 3.88. The van der Waals surface area contributed by atoms with Crippen LogP contribution in [0.1, 0.15) is 12.5 Å². The fourth-order valence-electron chi connectivity index (χ4n) is 3.11. The van der Waals surface area contributed by atoms with E-state index < -0.39 is 0 Å². The summed E-state index contributed by atoms with van der Waals surface area (Å²) in [5.41, 5.74) is 4.49. The van der Waals surface area contributed by atoms with Crippen LogP contribution in [0.5, 0.6) is 5.75 Å². The summed E-state index contributed by atoms with van der Waals surface area (Å²) < 4.78 is 12.4. The van der Waals surface area contributed by atoms with Gasteiger partial charge in [-0.1, -0.05) is 28.1 Å². The van der Waals surface area contributed by atoms with Crippen molar-refractivity contribution in [3.05, 3.63) is 58.8 Å². The molecular formula is C23H25BrN2O3. The summed E-state index contributed by atoms with van der Waals surface area (Å²) in [6.07, 6.45) is 3.36. The maximum absolute atomic E-state index is 12.3. The number of likely N-dealkylation sites (N-methyl/N-ethyl adjacent to an activating group) is 1. The number of hydrogen-bond donors (Lipinski definition) is 1. The molecule has 1 amide bonds. The van der Waals surface area contributed by atoms with Crippen LogP contribution >= 0.6 is 15.9 Å². The summed E-state index contributed by atoms with van der Waals surface area (Å²) in [7, 11) is 5.57. The number of hydrogen-bond acceptors (Lipinski definition) is 4. The molecular weight excluding hydrogens is 432 g/mol. The Labute approximate surface area is 179 Å². The SMILES string of the molecule is COc1cc2occ(-c3ccc(Br)cc3)c2cc1/C(C)=C/C(=O)NCCN(C)C. The van der Waals surface area contributed by atoms with Crippen molar-refractivity contribution in [3.8, 4) is 16.9 Å². The first-order valence-electron chi connectivity index (χ1n) is 9.35. The van der Waals surface area contributed by atoms with Gasteiger partial charge < -0.3 is 19.4 Å². The maximum Gasteiger partial charge on any atom is 0.244 e. The lowest BCUT2D eigenvalue weighted by Gasteiger charge is -2.11. The Balaban J connectivity index is 1.96. The van der Waals surface area contributed by atoms with Crippen LogP contribution in [0.2, 0.25) is 0 Å². The van der Waals surface area contributed by atoms with E-state index in [9.17, 15) is 4.79 Å². The number of furan rings is 1. The molecule has 29 heavy (non-hydrogen) atoms. The van der Waals surface area contributed by atoms with Gasteiger partial charge in [0.15, 0.2) is 0 Å². The monoisotopic (exact) mass is 456 g/mol. The Morgan fingerprint density at radius 2 is 1.97 bits per heavy atom. The minimum atomic E-state index is -0.119. The lowest BCUT2D eigenvalue weighted by atomic mass is 9.99. The Morgan fingerprint density at radius 1 is 1.24 bits per heavy atom. The number of methoxy groups -OCH3 is 1. The molecule has 5 nitrogen and oxygen atoms in total. The van der Waals surface area contributed by atoms with Gasteiger partial charge in [0.25, 0.3) is 0 Å². The first kappa shape index (κ1) is 21.1. The molecule has 0 fully saturated rings. The first-order chi connectivity index (χ1) is 13.9. The zero-order chi connectivity index (χ0) is 21.0. The minimum Gasteiger partial charge on any atom is -0.496 e. The quantitative estimate of drug-likeness (QED) is 0.510. The van der Waals surface area contributed by atoms with Crippen LogP contribution in [0.4, 0.5) is 0 Å². The van der Waals surface area contributed by atoms with Crippen LogP contribution in [0, 0.1) is 0 Å². The number of nitrogens with one attached hydrogen (secondary N) is 1. The van der Waals surface area contributed by atoms with Gasteiger partial charge in [0, 0.05) is 46.2 Å². The Bertz CT molecular complexity index is 1040. The van der Waals surface area contributed by atoms with Gasteiger partial charge in [-0.3, -0.25) is 4.79 Å². The summed E-state index contributed by atoms with van der Waals surface area (Å²) in [6, 6.07) is 12.0. The van der Waals surface area contributed by atoms with Gasteiger partial charge >= 0.3 is 0 Å². The normalized spacial score (nSPS) is 11.9. The van der Waals surface area contributed by atoms with Gasteiger partial charge in [-0.25, -0.2) is 0 Å².